The Bertz CT molecular complexity index is 798. The molecule has 0 atom stereocenters. The molecule has 0 N–H and O–H groups in total. The van der Waals surface area contributed by atoms with Crippen molar-refractivity contribution in [3.05, 3.63) is 52.5 Å². The summed E-state index contributed by atoms with van der Waals surface area (Å²) in [7, 11) is 0. The van der Waals surface area contributed by atoms with E-state index >= 15 is 0 Å². The van der Waals surface area contributed by atoms with Crippen LogP contribution in [-0.2, 0) is 11.2 Å². The summed E-state index contributed by atoms with van der Waals surface area (Å²) in [5, 5.41) is 9.24. The molecule has 2 aromatic rings. The predicted octanol–water partition coefficient (Wildman–Crippen LogP) is 3.13. The van der Waals surface area contributed by atoms with E-state index in [0.29, 0.717) is 46.6 Å². The quantitative estimate of drug-likeness (QED) is 0.639. The maximum atomic E-state index is 12.0. The van der Waals surface area contributed by atoms with Crippen LogP contribution in [0.2, 0.25) is 5.02 Å². The number of carbonyl (C=O) groups excluding carboxylic acids is 1. The van der Waals surface area contributed by atoms with Gasteiger partial charge in [0.15, 0.2) is 11.5 Å². The van der Waals surface area contributed by atoms with Gasteiger partial charge in [-0.3, -0.25) is 4.79 Å². The first-order valence-corrected chi connectivity index (χ1v) is 7.32. The highest BCUT2D eigenvalue weighted by atomic mass is 35.5. The Balaban J connectivity index is 1.73. The lowest BCUT2D eigenvalue weighted by Gasteiger charge is -2.20. The number of hydrogen-bond acceptors (Lipinski definition) is 5. The fraction of sp³-hybridized carbons (Fsp3) is 0.176. The summed E-state index contributed by atoms with van der Waals surface area (Å²) >= 11 is 6.14. The molecule has 1 aliphatic heterocycles. The molecule has 0 amide bonds. The first kappa shape index (κ1) is 15.2. The van der Waals surface area contributed by atoms with Crippen molar-refractivity contribution in [2.75, 3.05) is 13.2 Å². The lowest BCUT2D eigenvalue weighted by atomic mass is 10.1. The van der Waals surface area contributed by atoms with Crippen LogP contribution in [0, 0.1) is 11.3 Å². The van der Waals surface area contributed by atoms with Crippen molar-refractivity contribution < 1.29 is 19.0 Å². The van der Waals surface area contributed by atoms with E-state index in [4.69, 9.17) is 31.1 Å². The summed E-state index contributed by atoms with van der Waals surface area (Å²) in [4.78, 5) is 12.0. The van der Waals surface area contributed by atoms with Crippen LogP contribution < -0.4 is 14.2 Å². The number of nitriles is 1. The first-order valence-electron chi connectivity index (χ1n) is 6.94. The van der Waals surface area contributed by atoms with E-state index in [-0.39, 0.29) is 6.42 Å². The number of hydrogen-bond donors (Lipinski definition) is 0. The molecule has 23 heavy (non-hydrogen) atoms. The van der Waals surface area contributed by atoms with Gasteiger partial charge in [-0.05, 0) is 35.9 Å². The molecule has 0 unspecified atom stereocenters. The highest BCUT2D eigenvalue weighted by molar-refractivity contribution is 6.32. The molecule has 0 saturated carbocycles. The smallest absolute Gasteiger partial charge is 0.315 e. The molecule has 0 aliphatic carbocycles. The number of esters is 1. The summed E-state index contributed by atoms with van der Waals surface area (Å²) in [6.07, 6.45) is 0.0349. The van der Waals surface area contributed by atoms with Gasteiger partial charge in [-0.25, -0.2) is 0 Å². The largest absolute Gasteiger partial charge is 0.486 e. The van der Waals surface area contributed by atoms with Crippen molar-refractivity contribution in [3.63, 3.8) is 0 Å². The Hall–Kier alpha value is -2.71. The maximum Gasteiger partial charge on any atom is 0.315 e. The van der Waals surface area contributed by atoms with Gasteiger partial charge in [-0.1, -0.05) is 17.7 Å². The van der Waals surface area contributed by atoms with E-state index in [1.807, 2.05) is 6.07 Å². The van der Waals surface area contributed by atoms with Crippen LogP contribution in [0.4, 0.5) is 0 Å². The van der Waals surface area contributed by atoms with Gasteiger partial charge in [0.25, 0.3) is 0 Å². The number of fused-ring (bicyclic) bond motifs is 1. The Kier molecular flexibility index (Phi) is 4.35. The van der Waals surface area contributed by atoms with Crippen LogP contribution in [0.1, 0.15) is 11.1 Å². The minimum absolute atomic E-state index is 0.0349. The van der Waals surface area contributed by atoms with Crippen molar-refractivity contribution in [1.29, 1.82) is 5.26 Å². The fourth-order valence-electron chi connectivity index (χ4n) is 2.23. The number of nitrogens with zero attached hydrogens (tertiary/aromatic N) is 1. The number of halogens is 1. The van der Waals surface area contributed by atoms with Crippen molar-refractivity contribution in [2.24, 2.45) is 0 Å². The third-order valence-corrected chi connectivity index (χ3v) is 3.48. The standard InChI is InChI=1S/C17H12ClNO4/c18-14-7-12(8-15-17(14)22-5-4-21-15)9-16(20)23-13-3-1-2-11(6-13)10-19/h1-3,6-8H,4-5,9H2. The van der Waals surface area contributed by atoms with Gasteiger partial charge < -0.3 is 14.2 Å². The average Bonchev–Trinajstić information content (AvgIpc) is 2.55. The van der Waals surface area contributed by atoms with Crippen molar-refractivity contribution in [1.82, 2.24) is 0 Å². The first-order chi connectivity index (χ1) is 11.2. The van der Waals surface area contributed by atoms with E-state index in [1.54, 1.807) is 30.3 Å². The SMILES string of the molecule is N#Cc1cccc(OC(=O)Cc2cc(Cl)c3c(c2)OCCO3)c1. The molecular weight excluding hydrogens is 318 g/mol. The average molecular weight is 330 g/mol. The van der Waals surface area contributed by atoms with E-state index in [1.165, 1.54) is 6.07 Å². The highest BCUT2D eigenvalue weighted by Gasteiger charge is 2.18. The maximum absolute atomic E-state index is 12.0. The Morgan fingerprint density at radius 1 is 1.26 bits per heavy atom. The molecule has 1 heterocycles. The molecule has 2 aromatic carbocycles. The van der Waals surface area contributed by atoms with Gasteiger partial charge in [0.05, 0.1) is 23.1 Å². The summed E-state index contributed by atoms with van der Waals surface area (Å²) in [6.45, 7) is 0.890. The highest BCUT2D eigenvalue weighted by Crippen LogP contribution is 2.38. The third-order valence-electron chi connectivity index (χ3n) is 3.20. The Morgan fingerprint density at radius 3 is 2.91 bits per heavy atom. The number of carbonyl (C=O) groups is 1. The summed E-state index contributed by atoms with van der Waals surface area (Å²) < 4.78 is 16.1. The minimum atomic E-state index is -0.451. The fourth-order valence-corrected chi connectivity index (χ4v) is 2.52. The van der Waals surface area contributed by atoms with Gasteiger partial charge in [-0.15, -0.1) is 0 Å². The third kappa shape index (κ3) is 3.55. The zero-order valence-corrected chi connectivity index (χ0v) is 12.8. The zero-order chi connectivity index (χ0) is 16.2. The summed E-state index contributed by atoms with van der Waals surface area (Å²) in [5.74, 6) is 0.903. The van der Waals surface area contributed by atoms with Gasteiger partial charge in [-0.2, -0.15) is 5.26 Å². The molecule has 0 fully saturated rings. The van der Waals surface area contributed by atoms with Gasteiger partial charge >= 0.3 is 5.97 Å². The summed E-state index contributed by atoms with van der Waals surface area (Å²) in [5.41, 5.74) is 1.10. The van der Waals surface area contributed by atoms with E-state index < -0.39 is 5.97 Å². The van der Waals surface area contributed by atoms with Crippen LogP contribution in [0.5, 0.6) is 17.2 Å². The second-order valence-corrected chi connectivity index (χ2v) is 5.30. The van der Waals surface area contributed by atoms with Crippen LogP contribution in [-0.4, -0.2) is 19.2 Å². The lowest BCUT2D eigenvalue weighted by Crippen LogP contribution is -2.16. The molecular formula is C17H12ClNO4. The van der Waals surface area contributed by atoms with E-state index in [2.05, 4.69) is 0 Å². The Morgan fingerprint density at radius 2 is 2.09 bits per heavy atom. The second-order valence-electron chi connectivity index (χ2n) is 4.89. The van der Waals surface area contributed by atoms with Crippen molar-refractivity contribution in [2.45, 2.75) is 6.42 Å². The van der Waals surface area contributed by atoms with E-state index in [9.17, 15) is 4.79 Å². The van der Waals surface area contributed by atoms with Crippen molar-refractivity contribution >= 4 is 17.6 Å². The molecule has 6 heteroatoms. The number of rotatable bonds is 3. The summed E-state index contributed by atoms with van der Waals surface area (Å²) in [6, 6.07) is 11.8. The predicted molar refractivity (Wildman–Crippen MR) is 82.9 cm³/mol. The molecule has 0 aromatic heterocycles. The van der Waals surface area contributed by atoms with Crippen LogP contribution in [0.25, 0.3) is 0 Å². The van der Waals surface area contributed by atoms with Crippen LogP contribution >= 0.6 is 11.6 Å². The Labute approximate surface area is 138 Å². The van der Waals surface area contributed by atoms with E-state index in [0.717, 1.165) is 0 Å². The molecule has 0 radical (unpaired) electrons. The van der Waals surface area contributed by atoms with Gasteiger partial charge in [0.1, 0.15) is 19.0 Å². The molecule has 0 saturated heterocycles. The molecule has 0 bridgehead atoms. The number of benzene rings is 2. The second kappa shape index (κ2) is 6.59. The lowest BCUT2D eigenvalue weighted by molar-refractivity contribution is -0.133. The monoisotopic (exact) mass is 329 g/mol. The van der Waals surface area contributed by atoms with Gasteiger partial charge in [0.2, 0.25) is 0 Å². The molecule has 1 aliphatic rings. The molecule has 5 nitrogen and oxygen atoms in total. The molecule has 0 spiro atoms. The topological polar surface area (TPSA) is 68.5 Å². The van der Waals surface area contributed by atoms with Gasteiger partial charge in [0, 0.05) is 0 Å². The zero-order valence-electron chi connectivity index (χ0n) is 12.0. The normalized spacial score (nSPS) is 12.3. The number of ether oxygens (including phenoxy) is 3. The van der Waals surface area contributed by atoms with Crippen LogP contribution in [0.15, 0.2) is 36.4 Å². The van der Waals surface area contributed by atoms with Crippen molar-refractivity contribution in [3.8, 4) is 23.3 Å². The molecule has 116 valence electrons. The molecule has 3 rings (SSSR count). The minimum Gasteiger partial charge on any atom is -0.486 e. The van der Waals surface area contributed by atoms with Crippen LogP contribution in [0.3, 0.4) is 0 Å².